The van der Waals surface area contributed by atoms with Crippen molar-refractivity contribution in [1.82, 2.24) is 5.32 Å². The minimum absolute atomic E-state index is 0.0250. The maximum Gasteiger partial charge on any atom is 0.238 e. The van der Waals surface area contributed by atoms with Gasteiger partial charge in [-0.15, -0.1) is 0 Å². The number of fused-ring (bicyclic) bond motifs is 1. The van der Waals surface area contributed by atoms with E-state index in [0.717, 1.165) is 12.0 Å². The number of hydrogen-bond acceptors (Lipinski definition) is 5. The molecular formula is C20H21ClN2O4. The van der Waals surface area contributed by atoms with E-state index in [4.69, 9.17) is 21.1 Å². The lowest BCUT2D eigenvalue weighted by Gasteiger charge is -2.18. The lowest BCUT2D eigenvalue weighted by molar-refractivity contribution is -0.115. The average molecular weight is 389 g/mol. The summed E-state index contributed by atoms with van der Waals surface area (Å²) in [7, 11) is 0. The molecule has 0 aromatic heterocycles. The summed E-state index contributed by atoms with van der Waals surface area (Å²) < 4.78 is 10.6. The highest BCUT2D eigenvalue weighted by atomic mass is 35.5. The number of ketones is 1. The molecule has 142 valence electrons. The SMILES string of the molecule is CCC(NCC(=O)Nc1cc2c(cc1C(C)=O)OCO2)c1ccc(Cl)cc1. The number of amides is 1. The highest BCUT2D eigenvalue weighted by Crippen LogP contribution is 2.37. The number of carbonyl (C=O) groups excluding carboxylic acids is 2. The molecule has 0 fully saturated rings. The Morgan fingerprint density at radius 1 is 1.15 bits per heavy atom. The standard InChI is InChI=1S/C20H21ClN2O4/c1-3-16(13-4-6-14(21)7-5-13)22-10-20(25)23-17-9-19-18(26-11-27-19)8-15(17)12(2)24/h4-9,16,22H,3,10-11H2,1-2H3,(H,23,25). The van der Waals surface area contributed by atoms with Crippen LogP contribution >= 0.6 is 11.6 Å². The molecule has 1 aliphatic heterocycles. The molecule has 2 N–H and O–H groups in total. The summed E-state index contributed by atoms with van der Waals surface area (Å²) >= 11 is 5.93. The normalized spacial score (nSPS) is 13.3. The molecule has 3 rings (SSSR count). The van der Waals surface area contributed by atoms with Crippen LogP contribution in [0.1, 0.15) is 42.2 Å². The van der Waals surface area contributed by atoms with Gasteiger partial charge >= 0.3 is 0 Å². The first-order valence-electron chi connectivity index (χ1n) is 8.71. The van der Waals surface area contributed by atoms with Gasteiger partial charge in [-0.2, -0.15) is 0 Å². The van der Waals surface area contributed by atoms with Crippen LogP contribution in [0.25, 0.3) is 0 Å². The van der Waals surface area contributed by atoms with Crippen molar-refractivity contribution in [3.8, 4) is 11.5 Å². The largest absolute Gasteiger partial charge is 0.454 e. The second-order valence-corrected chi connectivity index (χ2v) is 6.69. The molecule has 2 aromatic rings. The van der Waals surface area contributed by atoms with Gasteiger partial charge in [-0.25, -0.2) is 0 Å². The van der Waals surface area contributed by atoms with Gasteiger partial charge < -0.3 is 20.1 Å². The first-order chi connectivity index (χ1) is 13.0. The van der Waals surface area contributed by atoms with Crippen molar-refractivity contribution in [3.05, 3.63) is 52.5 Å². The molecule has 0 aliphatic carbocycles. The van der Waals surface area contributed by atoms with E-state index in [1.54, 1.807) is 12.1 Å². The monoisotopic (exact) mass is 388 g/mol. The fraction of sp³-hybridized carbons (Fsp3) is 0.300. The number of halogens is 1. The van der Waals surface area contributed by atoms with Crippen molar-refractivity contribution in [2.45, 2.75) is 26.3 Å². The minimum atomic E-state index is -0.247. The number of Topliss-reactive ketones (excluding diaryl/α,β-unsaturated/α-hetero) is 1. The summed E-state index contributed by atoms with van der Waals surface area (Å²) in [6.07, 6.45) is 0.817. The lowest BCUT2D eigenvalue weighted by atomic mass is 10.0. The van der Waals surface area contributed by atoms with Crippen molar-refractivity contribution in [2.75, 3.05) is 18.7 Å². The van der Waals surface area contributed by atoms with Crippen molar-refractivity contribution >= 4 is 29.0 Å². The quantitative estimate of drug-likeness (QED) is 0.702. The van der Waals surface area contributed by atoms with E-state index in [2.05, 4.69) is 10.6 Å². The zero-order valence-electron chi connectivity index (χ0n) is 15.2. The summed E-state index contributed by atoms with van der Waals surface area (Å²) in [6, 6.07) is 10.8. The molecule has 1 unspecified atom stereocenters. The molecule has 1 amide bonds. The third kappa shape index (κ3) is 4.59. The molecular weight excluding hydrogens is 368 g/mol. The van der Waals surface area contributed by atoms with Crippen LogP contribution in [0.15, 0.2) is 36.4 Å². The Morgan fingerprint density at radius 2 is 1.81 bits per heavy atom. The number of hydrogen-bond donors (Lipinski definition) is 2. The Kier molecular flexibility index (Phi) is 5.98. The van der Waals surface area contributed by atoms with Gasteiger partial charge in [0.1, 0.15) is 0 Å². The van der Waals surface area contributed by atoms with Crippen molar-refractivity contribution in [3.63, 3.8) is 0 Å². The maximum atomic E-state index is 12.4. The van der Waals surface area contributed by atoms with E-state index in [9.17, 15) is 9.59 Å². The van der Waals surface area contributed by atoms with Crippen LogP contribution < -0.4 is 20.1 Å². The van der Waals surface area contributed by atoms with E-state index in [-0.39, 0.29) is 31.1 Å². The number of rotatable bonds is 7. The summed E-state index contributed by atoms with van der Waals surface area (Å²) in [5, 5.41) is 6.69. The van der Waals surface area contributed by atoms with Crippen LogP contribution in [0.2, 0.25) is 5.02 Å². The molecule has 27 heavy (non-hydrogen) atoms. The van der Waals surface area contributed by atoms with Crippen LogP contribution in [0.3, 0.4) is 0 Å². The van der Waals surface area contributed by atoms with E-state index in [1.165, 1.54) is 6.92 Å². The number of benzene rings is 2. The maximum absolute atomic E-state index is 12.4. The third-order valence-electron chi connectivity index (χ3n) is 4.36. The fourth-order valence-electron chi connectivity index (χ4n) is 2.94. The van der Waals surface area contributed by atoms with Gasteiger partial charge in [-0.3, -0.25) is 9.59 Å². The Morgan fingerprint density at radius 3 is 2.44 bits per heavy atom. The molecule has 6 nitrogen and oxygen atoms in total. The lowest BCUT2D eigenvalue weighted by Crippen LogP contribution is -2.31. The van der Waals surface area contributed by atoms with E-state index < -0.39 is 0 Å². The number of carbonyl (C=O) groups is 2. The Balaban J connectivity index is 1.67. The molecule has 0 bridgehead atoms. The molecule has 0 radical (unpaired) electrons. The second kappa shape index (κ2) is 8.41. The van der Waals surface area contributed by atoms with Gasteiger partial charge in [0.15, 0.2) is 17.3 Å². The highest BCUT2D eigenvalue weighted by molar-refractivity contribution is 6.30. The minimum Gasteiger partial charge on any atom is -0.454 e. The average Bonchev–Trinajstić information content (AvgIpc) is 3.10. The molecule has 1 atom stereocenters. The van der Waals surface area contributed by atoms with Crippen LogP contribution in [-0.4, -0.2) is 25.0 Å². The van der Waals surface area contributed by atoms with Crippen molar-refractivity contribution in [2.24, 2.45) is 0 Å². The predicted octanol–water partition coefficient (Wildman–Crippen LogP) is 3.95. The van der Waals surface area contributed by atoms with Gasteiger partial charge in [0.25, 0.3) is 0 Å². The summed E-state index contributed by atoms with van der Waals surface area (Å²) in [6.45, 7) is 3.69. The van der Waals surface area contributed by atoms with E-state index in [1.807, 2.05) is 31.2 Å². The topological polar surface area (TPSA) is 76.7 Å². The second-order valence-electron chi connectivity index (χ2n) is 6.25. The van der Waals surface area contributed by atoms with E-state index in [0.29, 0.717) is 27.8 Å². The summed E-state index contributed by atoms with van der Waals surface area (Å²) in [5.41, 5.74) is 1.86. The first-order valence-corrected chi connectivity index (χ1v) is 9.09. The zero-order valence-corrected chi connectivity index (χ0v) is 15.9. The van der Waals surface area contributed by atoms with E-state index >= 15 is 0 Å². The van der Waals surface area contributed by atoms with Crippen LogP contribution in [0.4, 0.5) is 5.69 Å². The van der Waals surface area contributed by atoms with Gasteiger partial charge in [0, 0.05) is 22.7 Å². The van der Waals surface area contributed by atoms with Crippen LogP contribution in [-0.2, 0) is 4.79 Å². The van der Waals surface area contributed by atoms with Gasteiger partial charge in [0.05, 0.1) is 12.2 Å². The molecule has 7 heteroatoms. The zero-order chi connectivity index (χ0) is 19.4. The van der Waals surface area contributed by atoms with Crippen molar-refractivity contribution in [1.29, 1.82) is 0 Å². The summed E-state index contributed by atoms with van der Waals surface area (Å²) in [4.78, 5) is 24.3. The van der Waals surface area contributed by atoms with Gasteiger partial charge in [-0.1, -0.05) is 30.7 Å². The number of ether oxygens (including phenoxy) is 2. The predicted molar refractivity (Wildman–Crippen MR) is 104 cm³/mol. The van der Waals surface area contributed by atoms with Crippen molar-refractivity contribution < 1.29 is 19.1 Å². The smallest absolute Gasteiger partial charge is 0.238 e. The fourth-order valence-corrected chi connectivity index (χ4v) is 3.07. The van der Waals surface area contributed by atoms with Crippen LogP contribution in [0.5, 0.6) is 11.5 Å². The first kappa shape index (κ1) is 19.2. The Labute approximate surface area is 162 Å². The van der Waals surface area contributed by atoms with Gasteiger partial charge in [0.2, 0.25) is 12.7 Å². The van der Waals surface area contributed by atoms with Gasteiger partial charge in [-0.05, 0) is 37.1 Å². The van der Waals surface area contributed by atoms with Crippen LogP contribution in [0, 0.1) is 0 Å². The molecule has 0 spiro atoms. The Hall–Kier alpha value is -2.57. The highest BCUT2D eigenvalue weighted by Gasteiger charge is 2.20. The molecule has 0 saturated carbocycles. The number of nitrogens with one attached hydrogen (secondary N) is 2. The Bertz CT molecular complexity index is 852. The molecule has 1 heterocycles. The molecule has 0 saturated heterocycles. The third-order valence-corrected chi connectivity index (χ3v) is 4.61. The number of anilines is 1. The molecule has 1 aliphatic rings. The summed E-state index contributed by atoms with van der Waals surface area (Å²) in [5.74, 6) is 0.605. The molecule has 2 aromatic carbocycles.